The third-order valence-corrected chi connectivity index (χ3v) is 5.31. The highest BCUT2D eigenvalue weighted by molar-refractivity contribution is 5.41. The van der Waals surface area contributed by atoms with Crippen LogP contribution < -0.4 is 14.8 Å². The summed E-state index contributed by atoms with van der Waals surface area (Å²) in [5.74, 6) is 2.44. The average Bonchev–Trinajstić information content (AvgIpc) is 3.06. The monoisotopic (exact) mass is 352 g/mol. The van der Waals surface area contributed by atoms with Crippen LogP contribution in [0.15, 0.2) is 48.5 Å². The first-order valence-electron chi connectivity index (χ1n) is 9.67. The third-order valence-electron chi connectivity index (χ3n) is 5.31. The van der Waals surface area contributed by atoms with Gasteiger partial charge in [0.1, 0.15) is 0 Å². The molecule has 0 spiro atoms. The van der Waals surface area contributed by atoms with Crippen molar-refractivity contribution in [2.45, 2.75) is 32.6 Å². The van der Waals surface area contributed by atoms with Crippen LogP contribution in [0.5, 0.6) is 11.5 Å². The van der Waals surface area contributed by atoms with Gasteiger partial charge >= 0.3 is 0 Å². The van der Waals surface area contributed by atoms with Gasteiger partial charge < -0.3 is 14.8 Å². The van der Waals surface area contributed by atoms with Crippen LogP contribution in [0.1, 0.15) is 24.0 Å². The number of nitrogens with zero attached hydrogens (tertiary/aromatic N) is 1. The van der Waals surface area contributed by atoms with Crippen LogP contribution in [0.2, 0.25) is 0 Å². The van der Waals surface area contributed by atoms with Crippen LogP contribution in [0.25, 0.3) is 0 Å². The molecular formula is C22H28N2O2. The molecule has 1 saturated heterocycles. The Kier molecular flexibility index (Phi) is 5.42. The van der Waals surface area contributed by atoms with Gasteiger partial charge in [-0.3, -0.25) is 4.90 Å². The molecule has 0 saturated carbocycles. The molecule has 0 amide bonds. The molecule has 4 nitrogen and oxygen atoms in total. The second kappa shape index (κ2) is 8.11. The number of aryl methyl sites for hydroxylation is 1. The maximum absolute atomic E-state index is 5.80. The minimum atomic E-state index is -0.200. The molecule has 2 heterocycles. The molecule has 2 aliphatic rings. The number of hydrogen-bond donors (Lipinski definition) is 1. The van der Waals surface area contributed by atoms with Gasteiger partial charge in [-0.25, -0.2) is 0 Å². The van der Waals surface area contributed by atoms with E-state index in [-0.39, 0.29) is 6.29 Å². The van der Waals surface area contributed by atoms with Crippen molar-refractivity contribution in [1.82, 2.24) is 10.2 Å². The molecule has 0 bridgehead atoms. The molecular weight excluding hydrogens is 324 g/mol. The molecule has 0 aliphatic carbocycles. The summed E-state index contributed by atoms with van der Waals surface area (Å²) >= 11 is 0. The Morgan fingerprint density at radius 1 is 0.962 bits per heavy atom. The van der Waals surface area contributed by atoms with Gasteiger partial charge in [-0.2, -0.15) is 0 Å². The molecule has 138 valence electrons. The van der Waals surface area contributed by atoms with E-state index in [1.807, 2.05) is 24.3 Å². The minimum Gasteiger partial charge on any atom is -0.450 e. The van der Waals surface area contributed by atoms with Gasteiger partial charge in [0.2, 0.25) is 0 Å². The zero-order valence-corrected chi connectivity index (χ0v) is 15.5. The molecule has 2 aliphatic heterocycles. The number of hydrogen-bond acceptors (Lipinski definition) is 4. The Hall–Kier alpha value is -2.04. The maximum atomic E-state index is 5.80. The van der Waals surface area contributed by atoms with Crippen LogP contribution in [-0.4, -0.2) is 37.4 Å². The maximum Gasteiger partial charge on any atom is 0.253 e. The van der Waals surface area contributed by atoms with E-state index in [1.165, 1.54) is 37.1 Å². The van der Waals surface area contributed by atoms with Gasteiger partial charge in [0.15, 0.2) is 11.5 Å². The van der Waals surface area contributed by atoms with Crippen molar-refractivity contribution in [3.05, 3.63) is 59.7 Å². The first-order chi connectivity index (χ1) is 12.8. The smallest absolute Gasteiger partial charge is 0.253 e. The molecule has 26 heavy (non-hydrogen) atoms. The van der Waals surface area contributed by atoms with Crippen molar-refractivity contribution in [1.29, 1.82) is 0 Å². The molecule has 2 aromatic carbocycles. The molecule has 1 N–H and O–H groups in total. The molecule has 0 atom stereocenters. The first kappa shape index (κ1) is 17.4. The molecule has 0 aromatic heterocycles. The van der Waals surface area contributed by atoms with E-state index in [1.54, 1.807) is 0 Å². The number of nitrogens with one attached hydrogen (secondary N) is 1. The summed E-state index contributed by atoms with van der Waals surface area (Å²) < 4.78 is 11.6. The fourth-order valence-electron chi connectivity index (χ4n) is 3.86. The highest BCUT2D eigenvalue weighted by Crippen LogP contribution is 2.33. The first-order valence-corrected chi connectivity index (χ1v) is 9.67. The SMILES string of the molecule is Cc1cccc(CN2CCC(CNCC3Oc4ccccc4O3)CC2)c1. The third kappa shape index (κ3) is 4.37. The average molecular weight is 352 g/mol. The zero-order valence-electron chi connectivity index (χ0n) is 15.5. The van der Waals surface area contributed by atoms with Crippen LogP contribution in [-0.2, 0) is 6.54 Å². The van der Waals surface area contributed by atoms with Gasteiger partial charge in [-0.05, 0) is 63.0 Å². The highest BCUT2D eigenvalue weighted by atomic mass is 16.7. The van der Waals surface area contributed by atoms with Gasteiger partial charge in [-0.15, -0.1) is 0 Å². The van der Waals surface area contributed by atoms with E-state index in [0.29, 0.717) is 0 Å². The van der Waals surface area contributed by atoms with Gasteiger partial charge in [-0.1, -0.05) is 42.0 Å². The van der Waals surface area contributed by atoms with Gasteiger partial charge in [0.25, 0.3) is 6.29 Å². The lowest BCUT2D eigenvalue weighted by molar-refractivity contribution is 0.0480. The second-order valence-electron chi connectivity index (χ2n) is 7.48. The number of piperidine rings is 1. The Balaban J connectivity index is 1.15. The number of ether oxygens (including phenoxy) is 2. The summed E-state index contributed by atoms with van der Waals surface area (Å²) in [7, 11) is 0. The molecule has 2 aromatic rings. The van der Waals surface area contributed by atoms with Gasteiger partial charge in [0.05, 0.1) is 6.54 Å². The Morgan fingerprint density at radius 3 is 2.38 bits per heavy atom. The minimum absolute atomic E-state index is 0.200. The van der Waals surface area contributed by atoms with E-state index in [4.69, 9.17) is 9.47 Å². The number of para-hydroxylation sites is 2. The van der Waals surface area contributed by atoms with Crippen molar-refractivity contribution < 1.29 is 9.47 Å². The molecule has 4 heteroatoms. The van der Waals surface area contributed by atoms with E-state index in [0.717, 1.165) is 37.1 Å². The van der Waals surface area contributed by atoms with Crippen LogP contribution in [0.3, 0.4) is 0 Å². The number of benzene rings is 2. The Bertz CT molecular complexity index is 701. The fraction of sp³-hybridized carbons (Fsp3) is 0.455. The van der Waals surface area contributed by atoms with Crippen molar-refractivity contribution in [2.75, 3.05) is 26.2 Å². The predicted octanol–water partition coefficient (Wildman–Crippen LogP) is 3.59. The topological polar surface area (TPSA) is 33.7 Å². The lowest BCUT2D eigenvalue weighted by Crippen LogP contribution is -2.40. The molecule has 0 radical (unpaired) electrons. The van der Waals surface area contributed by atoms with Crippen LogP contribution in [0, 0.1) is 12.8 Å². The summed E-state index contributed by atoms with van der Waals surface area (Å²) in [4.78, 5) is 2.57. The lowest BCUT2D eigenvalue weighted by atomic mass is 9.96. The molecule has 0 unspecified atom stereocenters. The van der Waals surface area contributed by atoms with E-state index in [2.05, 4.69) is 41.4 Å². The number of likely N-dealkylation sites (tertiary alicyclic amines) is 1. The fourth-order valence-corrected chi connectivity index (χ4v) is 3.86. The quantitative estimate of drug-likeness (QED) is 0.861. The number of fused-ring (bicyclic) bond motifs is 1. The standard InChI is InChI=1S/C22H28N2O2/c1-17-5-4-6-19(13-17)16-24-11-9-18(10-12-24)14-23-15-22-25-20-7-2-3-8-21(20)26-22/h2-8,13,18,22-23H,9-12,14-16H2,1H3. The number of rotatable bonds is 6. The van der Waals surface area contributed by atoms with Crippen molar-refractivity contribution in [2.24, 2.45) is 5.92 Å². The molecule has 1 fully saturated rings. The summed E-state index contributed by atoms with van der Waals surface area (Å²) in [6.45, 7) is 7.38. The Labute approximate surface area is 156 Å². The van der Waals surface area contributed by atoms with Gasteiger partial charge in [0, 0.05) is 6.54 Å². The highest BCUT2D eigenvalue weighted by Gasteiger charge is 2.24. The summed E-state index contributed by atoms with van der Waals surface area (Å²) in [6, 6.07) is 16.7. The zero-order chi connectivity index (χ0) is 17.8. The second-order valence-corrected chi connectivity index (χ2v) is 7.48. The Morgan fingerprint density at radius 2 is 1.69 bits per heavy atom. The van der Waals surface area contributed by atoms with E-state index in [9.17, 15) is 0 Å². The van der Waals surface area contributed by atoms with Crippen molar-refractivity contribution in [3.8, 4) is 11.5 Å². The normalized spacial score (nSPS) is 18.3. The van der Waals surface area contributed by atoms with Crippen molar-refractivity contribution >= 4 is 0 Å². The summed E-state index contributed by atoms with van der Waals surface area (Å²) in [5, 5.41) is 3.54. The van der Waals surface area contributed by atoms with E-state index < -0.39 is 0 Å². The predicted molar refractivity (Wildman–Crippen MR) is 104 cm³/mol. The lowest BCUT2D eigenvalue weighted by Gasteiger charge is -2.32. The molecule has 4 rings (SSSR count). The van der Waals surface area contributed by atoms with Crippen LogP contribution in [0.4, 0.5) is 0 Å². The van der Waals surface area contributed by atoms with Crippen LogP contribution >= 0.6 is 0 Å². The summed E-state index contributed by atoms with van der Waals surface area (Å²) in [5.41, 5.74) is 2.77. The largest absolute Gasteiger partial charge is 0.450 e. The summed E-state index contributed by atoms with van der Waals surface area (Å²) in [6.07, 6.45) is 2.31. The van der Waals surface area contributed by atoms with Crippen molar-refractivity contribution in [3.63, 3.8) is 0 Å². The van der Waals surface area contributed by atoms with E-state index >= 15 is 0 Å².